The van der Waals surface area contributed by atoms with Gasteiger partial charge in [0.15, 0.2) is 52.1 Å². The molecule has 4 saturated carbocycles. The molecule has 0 atom stereocenters. The minimum atomic E-state index is -0.493. The van der Waals surface area contributed by atoms with Gasteiger partial charge in [-0.05, 0) is 203 Å². The van der Waals surface area contributed by atoms with Gasteiger partial charge in [0.1, 0.15) is 11.6 Å². The quantitative estimate of drug-likeness (QED) is 0.167. The Labute approximate surface area is 480 Å². The standard InChI is InChI=1S/2C11H17FO.2C11H18O.C10H10O2.C9H10O.C6H10O2/c2*1-8(13)10(12)9-5-4-6-11(2,3)7-9;2*1-9(12)7-10-5-4-6-11(2,3)8-10;1-7(11)9-5-3-4-6-10(9)8(2)12;1-7-3-5-9(6-4-7)8(2)10;1-5(7)3-4-6(2)8/h2*4-7H2,1-3H3;2*7H,4-6,8H2,1-3H3;3-6H,1-2H3;3-6H,1-2H3;3-4H2,1-2H3/b10-9+;10-9-;10-7+;10-7-;;;. The Morgan fingerprint density at radius 1 is 0.425 bits per heavy atom. The van der Waals surface area contributed by atoms with Gasteiger partial charge in [-0.2, -0.15) is 0 Å². The van der Waals surface area contributed by atoms with E-state index in [0.29, 0.717) is 34.8 Å². The number of aryl methyl sites for hydroxylation is 1. The van der Waals surface area contributed by atoms with Crippen molar-refractivity contribution in [1.29, 1.82) is 0 Å². The Morgan fingerprint density at radius 3 is 0.963 bits per heavy atom. The van der Waals surface area contributed by atoms with Gasteiger partial charge in [0.2, 0.25) is 0 Å². The normalized spacial score (nSPS) is 19.5. The van der Waals surface area contributed by atoms with Crippen molar-refractivity contribution in [2.45, 2.75) is 240 Å². The molecule has 0 unspecified atom stereocenters. The maximum atomic E-state index is 13.3. The fourth-order valence-electron chi connectivity index (χ4n) is 10.2. The number of hydrogen-bond donors (Lipinski definition) is 0. The van der Waals surface area contributed by atoms with Gasteiger partial charge < -0.3 is 9.59 Å². The van der Waals surface area contributed by atoms with Gasteiger partial charge in [-0.25, -0.2) is 8.78 Å². The summed E-state index contributed by atoms with van der Waals surface area (Å²) in [6.45, 7) is 32.9. The summed E-state index contributed by atoms with van der Waals surface area (Å²) in [6.07, 6.45) is 21.2. The maximum Gasteiger partial charge on any atom is 0.188 e. The predicted molar refractivity (Wildman–Crippen MR) is 322 cm³/mol. The van der Waals surface area contributed by atoms with Crippen molar-refractivity contribution < 1.29 is 51.9 Å². The van der Waals surface area contributed by atoms with Gasteiger partial charge in [0.25, 0.3) is 0 Å². The van der Waals surface area contributed by atoms with Crippen LogP contribution in [0.1, 0.15) is 270 Å². The first-order chi connectivity index (χ1) is 36.8. The lowest BCUT2D eigenvalue weighted by Gasteiger charge is -2.31. The third-order valence-corrected chi connectivity index (χ3v) is 14.2. The van der Waals surface area contributed by atoms with Crippen molar-refractivity contribution in [3.05, 3.63) is 117 Å². The second-order valence-corrected chi connectivity index (χ2v) is 25.5. The first-order valence-electron chi connectivity index (χ1n) is 28.6. The number of hydrogen-bond acceptors (Lipinski definition) is 9. The molecule has 11 heteroatoms. The monoisotopic (exact) mass is 1110 g/mol. The second-order valence-electron chi connectivity index (χ2n) is 25.5. The van der Waals surface area contributed by atoms with Crippen molar-refractivity contribution >= 4 is 52.0 Å². The zero-order valence-electron chi connectivity index (χ0n) is 52.4. The van der Waals surface area contributed by atoms with E-state index in [1.54, 1.807) is 45.0 Å². The molecule has 0 aliphatic heterocycles. The Hall–Kier alpha value is -5.71. The van der Waals surface area contributed by atoms with Crippen LogP contribution in [0.5, 0.6) is 0 Å². The predicted octanol–water partition coefficient (Wildman–Crippen LogP) is 18.2. The summed E-state index contributed by atoms with van der Waals surface area (Å²) in [5.74, 6) is -1.28. The number of ketones is 9. The van der Waals surface area contributed by atoms with E-state index in [1.165, 1.54) is 83.9 Å². The Bertz CT molecular complexity index is 2430. The third kappa shape index (κ3) is 33.8. The number of benzene rings is 2. The van der Waals surface area contributed by atoms with Crippen molar-refractivity contribution in [1.82, 2.24) is 0 Å². The molecule has 0 aromatic heterocycles. The van der Waals surface area contributed by atoms with Crippen molar-refractivity contribution in [2.75, 3.05) is 0 Å². The van der Waals surface area contributed by atoms with Crippen LogP contribution in [0.4, 0.5) is 8.78 Å². The van der Waals surface area contributed by atoms with E-state index in [4.69, 9.17) is 0 Å². The molecule has 4 aliphatic rings. The Kier molecular flexibility index (Phi) is 33.3. The Morgan fingerprint density at radius 2 is 0.725 bits per heavy atom. The lowest BCUT2D eigenvalue weighted by Crippen LogP contribution is -2.18. The van der Waals surface area contributed by atoms with Gasteiger partial charge in [-0.15, -0.1) is 0 Å². The zero-order valence-corrected chi connectivity index (χ0v) is 52.4. The van der Waals surface area contributed by atoms with Crippen LogP contribution < -0.4 is 0 Å². The summed E-state index contributed by atoms with van der Waals surface area (Å²) in [5.41, 5.74) is 8.29. The fraction of sp³-hybridized carbons (Fsp3) is 0.580. The van der Waals surface area contributed by atoms with Crippen molar-refractivity contribution in [3.63, 3.8) is 0 Å². The highest BCUT2D eigenvalue weighted by Crippen LogP contribution is 2.42. The molecule has 4 aliphatic carbocycles. The van der Waals surface area contributed by atoms with Crippen LogP contribution in [-0.4, -0.2) is 52.0 Å². The molecule has 2 aromatic rings. The van der Waals surface area contributed by atoms with Crippen LogP contribution in [0.3, 0.4) is 0 Å². The summed E-state index contributed by atoms with van der Waals surface area (Å²) >= 11 is 0. The summed E-state index contributed by atoms with van der Waals surface area (Å²) in [7, 11) is 0. The van der Waals surface area contributed by atoms with Gasteiger partial charge in [-0.1, -0.05) is 121 Å². The molecule has 0 amide bonds. The second kappa shape index (κ2) is 35.9. The van der Waals surface area contributed by atoms with Crippen molar-refractivity contribution in [3.8, 4) is 0 Å². The molecule has 0 heterocycles. The van der Waals surface area contributed by atoms with E-state index in [2.05, 4.69) is 55.4 Å². The number of allylic oxidation sites excluding steroid dienone is 8. The van der Waals surface area contributed by atoms with Crippen LogP contribution in [0, 0.1) is 28.6 Å². The highest BCUT2D eigenvalue weighted by molar-refractivity contribution is 6.07. The van der Waals surface area contributed by atoms with E-state index in [0.717, 1.165) is 93.8 Å². The summed E-state index contributed by atoms with van der Waals surface area (Å²) < 4.78 is 26.6. The SMILES string of the molecule is CC(=O)/C(F)=C1/CCCC(C)(C)C1.CC(=O)/C(F)=C1\CCCC(C)(C)C1.CC(=O)/C=C1/CCCC(C)(C)C1.CC(=O)/C=C1\CCCC(C)(C)C1.CC(=O)CCC(C)=O.CC(=O)c1ccc(C)cc1.CC(=O)c1ccccc1C(C)=O. The molecule has 80 heavy (non-hydrogen) atoms. The molecule has 6 rings (SSSR count). The average molecular weight is 1110 g/mol. The van der Waals surface area contributed by atoms with E-state index < -0.39 is 23.2 Å². The summed E-state index contributed by atoms with van der Waals surface area (Å²) in [6, 6.07) is 14.4. The van der Waals surface area contributed by atoms with Crippen LogP contribution in [0.15, 0.2) is 94.6 Å². The van der Waals surface area contributed by atoms with Crippen molar-refractivity contribution in [2.24, 2.45) is 21.7 Å². The van der Waals surface area contributed by atoms with Crippen LogP contribution in [0.25, 0.3) is 0 Å². The first kappa shape index (κ1) is 74.3. The van der Waals surface area contributed by atoms with Gasteiger partial charge >= 0.3 is 0 Å². The van der Waals surface area contributed by atoms with E-state index >= 15 is 0 Å². The lowest BCUT2D eigenvalue weighted by atomic mass is 9.74. The summed E-state index contributed by atoms with van der Waals surface area (Å²) in [5, 5.41) is 0. The Balaban J connectivity index is 0.000000914. The molecular weight excluding hydrogens is 1010 g/mol. The minimum Gasteiger partial charge on any atom is -0.300 e. The molecule has 0 N–H and O–H groups in total. The molecule has 444 valence electrons. The highest BCUT2D eigenvalue weighted by Gasteiger charge is 2.29. The molecule has 0 spiro atoms. The number of carbonyl (C=O) groups is 9. The first-order valence-corrected chi connectivity index (χ1v) is 28.6. The average Bonchev–Trinajstić information content (AvgIpc) is 3.32. The van der Waals surface area contributed by atoms with Gasteiger partial charge in [-0.3, -0.25) is 33.6 Å². The minimum absolute atomic E-state index is 0.0687. The maximum absolute atomic E-state index is 13.3. The number of Topliss-reactive ketones (excluding diaryl/α,β-unsaturated/α-hetero) is 7. The molecule has 0 radical (unpaired) electrons. The largest absolute Gasteiger partial charge is 0.300 e. The zero-order chi connectivity index (χ0) is 61.8. The van der Waals surface area contributed by atoms with Gasteiger partial charge in [0, 0.05) is 43.4 Å². The summed E-state index contributed by atoms with van der Waals surface area (Å²) in [4.78, 5) is 96.5. The molecule has 9 nitrogen and oxygen atoms in total. The third-order valence-electron chi connectivity index (χ3n) is 14.2. The smallest absolute Gasteiger partial charge is 0.188 e. The van der Waals surface area contributed by atoms with Crippen LogP contribution >= 0.6 is 0 Å². The number of halogens is 2. The molecule has 2 aromatic carbocycles. The topological polar surface area (TPSA) is 154 Å². The molecule has 4 fully saturated rings. The molecule has 0 saturated heterocycles. The van der Waals surface area contributed by atoms with Gasteiger partial charge in [0.05, 0.1) is 0 Å². The van der Waals surface area contributed by atoms with E-state index in [-0.39, 0.29) is 51.3 Å². The van der Waals surface area contributed by atoms with E-state index in [1.807, 2.05) is 43.3 Å². The number of rotatable bonds is 10. The molecule has 0 bridgehead atoms. The molecular formula is C69H100F2O9. The van der Waals surface area contributed by atoms with Crippen LogP contribution in [0.2, 0.25) is 0 Å². The van der Waals surface area contributed by atoms with E-state index in [9.17, 15) is 51.9 Å². The lowest BCUT2D eigenvalue weighted by molar-refractivity contribution is -0.122. The fourth-order valence-corrected chi connectivity index (χ4v) is 10.2. The number of carbonyl (C=O) groups excluding carboxylic acids is 9. The van der Waals surface area contributed by atoms with Crippen LogP contribution in [-0.2, 0) is 28.8 Å². The highest BCUT2D eigenvalue weighted by atomic mass is 19.1.